The first kappa shape index (κ1) is 12.6. The number of hydrogen-bond acceptors (Lipinski definition) is 1. The highest BCUT2D eigenvalue weighted by Crippen LogP contribution is 2.40. The molecule has 0 saturated carbocycles. The Morgan fingerprint density at radius 2 is 1.43 bits per heavy atom. The van der Waals surface area contributed by atoms with Crippen molar-refractivity contribution in [3.63, 3.8) is 0 Å². The van der Waals surface area contributed by atoms with E-state index in [9.17, 15) is 4.79 Å². The molecule has 2 bridgehead atoms. The summed E-state index contributed by atoms with van der Waals surface area (Å²) in [4.78, 5) is 14.5. The quantitative estimate of drug-likeness (QED) is 0.820. The third-order valence-electron chi connectivity index (χ3n) is 4.97. The summed E-state index contributed by atoms with van der Waals surface area (Å²) in [6, 6.07) is 19.0. The molecule has 3 aliphatic heterocycles. The lowest BCUT2D eigenvalue weighted by molar-refractivity contribution is -0.141. The summed E-state index contributed by atoms with van der Waals surface area (Å²) in [7, 11) is 0. The van der Waals surface area contributed by atoms with Crippen LogP contribution in [0.25, 0.3) is 11.1 Å². The van der Waals surface area contributed by atoms with Crippen molar-refractivity contribution in [1.82, 2.24) is 4.90 Å². The molecule has 106 valence electrons. The molecule has 0 aromatic heterocycles. The average molecular weight is 277 g/mol. The van der Waals surface area contributed by atoms with E-state index in [1.54, 1.807) is 0 Å². The predicted octanol–water partition coefficient (Wildman–Crippen LogP) is 3.69. The first-order valence-electron chi connectivity index (χ1n) is 7.77. The molecule has 0 radical (unpaired) electrons. The fraction of sp³-hybridized carbons (Fsp3) is 0.316. The molecular formula is C19H19NO. The Labute approximate surface area is 125 Å². The molecule has 1 amide bonds. The van der Waals surface area contributed by atoms with Gasteiger partial charge >= 0.3 is 0 Å². The summed E-state index contributed by atoms with van der Waals surface area (Å²) in [5.74, 6) is 0.979. The Kier molecular flexibility index (Phi) is 3.03. The van der Waals surface area contributed by atoms with Crippen molar-refractivity contribution in [2.75, 3.05) is 13.1 Å². The van der Waals surface area contributed by atoms with E-state index in [1.807, 2.05) is 11.0 Å². The van der Waals surface area contributed by atoms with Gasteiger partial charge in [0.1, 0.15) is 0 Å². The van der Waals surface area contributed by atoms with E-state index >= 15 is 0 Å². The number of carbonyl (C=O) groups is 1. The van der Waals surface area contributed by atoms with Crippen molar-refractivity contribution >= 4 is 5.91 Å². The largest absolute Gasteiger partial charge is 0.342 e. The fourth-order valence-electron chi connectivity index (χ4n) is 3.78. The van der Waals surface area contributed by atoms with Gasteiger partial charge in [-0.25, -0.2) is 0 Å². The van der Waals surface area contributed by atoms with Gasteiger partial charge in [-0.3, -0.25) is 4.79 Å². The van der Waals surface area contributed by atoms with Gasteiger partial charge in [-0.15, -0.1) is 0 Å². The van der Waals surface area contributed by atoms with Crippen molar-refractivity contribution in [2.45, 2.75) is 18.8 Å². The Morgan fingerprint density at radius 3 is 2.05 bits per heavy atom. The lowest BCUT2D eigenvalue weighted by Crippen LogP contribution is -2.50. The third-order valence-corrected chi connectivity index (χ3v) is 4.97. The van der Waals surface area contributed by atoms with Crippen molar-refractivity contribution in [3.8, 4) is 11.1 Å². The average Bonchev–Trinajstić information content (AvgIpc) is 2.57. The first-order valence-corrected chi connectivity index (χ1v) is 7.77. The maximum absolute atomic E-state index is 12.5. The van der Waals surface area contributed by atoms with Crippen molar-refractivity contribution in [3.05, 3.63) is 60.2 Å². The molecule has 3 saturated heterocycles. The summed E-state index contributed by atoms with van der Waals surface area (Å²) in [6.45, 7) is 1.92. The Hall–Kier alpha value is -2.09. The standard InChI is InChI=1S/C19H19NO/c21-19-18(17-10-12-20(19)13-11-17)16-8-6-15(7-9-16)14-4-2-1-3-5-14/h1-9,17-18H,10-13H2. The number of fused-ring (bicyclic) bond motifs is 3. The number of rotatable bonds is 2. The molecule has 21 heavy (non-hydrogen) atoms. The van der Waals surface area contributed by atoms with Gasteiger partial charge in [0.05, 0.1) is 5.92 Å². The summed E-state index contributed by atoms with van der Waals surface area (Å²) in [6.07, 6.45) is 2.33. The zero-order valence-electron chi connectivity index (χ0n) is 12.0. The SMILES string of the molecule is O=C1C(c2ccc(-c3ccccc3)cc2)C2CCN1CC2. The van der Waals surface area contributed by atoms with E-state index in [0.717, 1.165) is 25.9 Å². The number of piperidine rings is 3. The number of hydrogen-bond donors (Lipinski definition) is 0. The molecule has 0 N–H and O–H groups in total. The molecule has 2 nitrogen and oxygen atoms in total. The number of carbonyl (C=O) groups excluding carboxylic acids is 1. The minimum atomic E-state index is 0.0947. The van der Waals surface area contributed by atoms with Crippen LogP contribution in [0.15, 0.2) is 54.6 Å². The molecular weight excluding hydrogens is 258 g/mol. The highest BCUT2D eigenvalue weighted by Gasteiger charge is 2.41. The molecule has 2 aromatic carbocycles. The zero-order valence-corrected chi connectivity index (χ0v) is 12.0. The minimum absolute atomic E-state index is 0.0947. The topological polar surface area (TPSA) is 20.3 Å². The Bertz CT molecular complexity index is 639. The first-order chi connectivity index (χ1) is 10.3. The summed E-state index contributed by atoms with van der Waals surface area (Å²) >= 11 is 0. The summed E-state index contributed by atoms with van der Waals surface area (Å²) < 4.78 is 0. The van der Waals surface area contributed by atoms with Crippen molar-refractivity contribution < 1.29 is 4.79 Å². The van der Waals surface area contributed by atoms with Crippen LogP contribution in [0, 0.1) is 5.92 Å². The molecule has 3 heterocycles. The van der Waals surface area contributed by atoms with Gasteiger partial charge in [0.15, 0.2) is 0 Å². The molecule has 5 rings (SSSR count). The fourth-order valence-corrected chi connectivity index (χ4v) is 3.78. The lowest BCUT2D eigenvalue weighted by Gasteiger charge is -2.44. The summed E-state index contributed by atoms with van der Waals surface area (Å²) in [5, 5.41) is 0. The Balaban J connectivity index is 1.64. The Morgan fingerprint density at radius 1 is 0.810 bits per heavy atom. The highest BCUT2D eigenvalue weighted by molar-refractivity contribution is 5.86. The van der Waals surface area contributed by atoms with E-state index in [1.165, 1.54) is 16.7 Å². The third kappa shape index (κ3) is 2.15. The van der Waals surface area contributed by atoms with Crippen molar-refractivity contribution in [1.29, 1.82) is 0 Å². The van der Waals surface area contributed by atoms with Gasteiger partial charge in [0.2, 0.25) is 5.91 Å². The molecule has 2 aromatic rings. The van der Waals surface area contributed by atoms with Crippen LogP contribution in [0.3, 0.4) is 0 Å². The smallest absolute Gasteiger partial charge is 0.230 e. The maximum atomic E-state index is 12.5. The van der Waals surface area contributed by atoms with Gasteiger partial charge in [0.25, 0.3) is 0 Å². The van der Waals surface area contributed by atoms with Crippen molar-refractivity contribution in [2.24, 2.45) is 5.92 Å². The van der Waals surface area contributed by atoms with Crippen LogP contribution in [0.2, 0.25) is 0 Å². The van der Waals surface area contributed by atoms with Gasteiger partial charge in [-0.05, 0) is 35.4 Å². The molecule has 1 unspecified atom stereocenters. The monoisotopic (exact) mass is 277 g/mol. The minimum Gasteiger partial charge on any atom is -0.342 e. The van der Waals surface area contributed by atoms with Crippen LogP contribution in [-0.4, -0.2) is 23.9 Å². The van der Waals surface area contributed by atoms with Crippen LogP contribution in [-0.2, 0) is 4.79 Å². The van der Waals surface area contributed by atoms with Crippen LogP contribution >= 0.6 is 0 Å². The second-order valence-electron chi connectivity index (χ2n) is 6.13. The second kappa shape index (κ2) is 5.03. The van der Waals surface area contributed by atoms with Crippen LogP contribution in [0.1, 0.15) is 24.3 Å². The lowest BCUT2D eigenvalue weighted by atomic mass is 9.75. The molecule has 1 atom stereocenters. The second-order valence-corrected chi connectivity index (χ2v) is 6.13. The van der Waals surface area contributed by atoms with Crippen LogP contribution in [0.5, 0.6) is 0 Å². The van der Waals surface area contributed by atoms with Gasteiger partial charge in [-0.2, -0.15) is 0 Å². The normalized spacial score (nSPS) is 24.4. The predicted molar refractivity (Wildman–Crippen MR) is 83.9 cm³/mol. The summed E-state index contributed by atoms with van der Waals surface area (Å²) in [5.41, 5.74) is 3.63. The molecule has 0 aliphatic carbocycles. The van der Waals surface area contributed by atoms with Crippen LogP contribution in [0.4, 0.5) is 0 Å². The molecule has 0 spiro atoms. The number of benzene rings is 2. The molecule has 2 heteroatoms. The number of amides is 1. The highest BCUT2D eigenvalue weighted by atomic mass is 16.2. The van der Waals surface area contributed by atoms with E-state index in [2.05, 4.69) is 48.5 Å². The van der Waals surface area contributed by atoms with Gasteiger partial charge in [-0.1, -0.05) is 54.6 Å². The van der Waals surface area contributed by atoms with E-state index in [-0.39, 0.29) is 5.92 Å². The number of nitrogens with zero attached hydrogens (tertiary/aromatic N) is 1. The van der Waals surface area contributed by atoms with E-state index in [0.29, 0.717) is 11.8 Å². The van der Waals surface area contributed by atoms with E-state index < -0.39 is 0 Å². The molecule has 3 aliphatic rings. The van der Waals surface area contributed by atoms with Gasteiger partial charge in [0, 0.05) is 13.1 Å². The maximum Gasteiger partial charge on any atom is 0.230 e. The van der Waals surface area contributed by atoms with Crippen LogP contribution < -0.4 is 0 Å². The van der Waals surface area contributed by atoms with Gasteiger partial charge < -0.3 is 4.90 Å². The zero-order chi connectivity index (χ0) is 14.2. The molecule has 3 fully saturated rings. The van der Waals surface area contributed by atoms with E-state index in [4.69, 9.17) is 0 Å².